The van der Waals surface area contributed by atoms with Crippen molar-refractivity contribution in [2.24, 2.45) is 0 Å². The van der Waals surface area contributed by atoms with E-state index >= 15 is 0 Å². The minimum absolute atomic E-state index is 1.06. The fourth-order valence-corrected chi connectivity index (χ4v) is 2.32. The summed E-state index contributed by atoms with van der Waals surface area (Å²) in [5.41, 5.74) is 3.97. The van der Waals surface area contributed by atoms with Crippen LogP contribution < -0.4 is 10.6 Å². The first-order valence-corrected chi connectivity index (χ1v) is 7.00. The van der Waals surface area contributed by atoms with Crippen molar-refractivity contribution < 1.29 is 0 Å². The van der Waals surface area contributed by atoms with Crippen LogP contribution in [0.25, 0.3) is 0 Å². The van der Waals surface area contributed by atoms with Gasteiger partial charge in [-0.15, -0.1) is 0 Å². The van der Waals surface area contributed by atoms with Crippen LogP contribution in [0.15, 0.2) is 18.2 Å². The van der Waals surface area contributed by atoms with Gasteiger partial charge in [0.1, 0.15) is 0 Å². The van der Waals surface area contributed by atoms with Gasteiger partial charge in [0.05, 0.1) is 0 Å². The highest BCUT2D eigenvalue weighted by Gasteiger charge is 2.07. The van der Waals surface area contributed by atoms with E-state index in [0.717, 1.165) is 19.6 Å². The van der Waals surface area contributed by atoms with Gasteiger partial charge in [-0.25, -0.2) is 0 Å². The van der Waals surface area contributed by atoms with Crippen molar-refractivity contribution in [3.05, 3.63) is 29.3 Å². The Morgan fingerprint density at radius 3 is 2.67 bits per heavy atom. The number of benzene rings is 1. The van der Waals surface area contributed by atoms with Crippen LogP contribution in [0.2, 0.25) is 0 Å². The summed E-state index contributed by atoms with van der Waals surface area (Å²) in [7, 11) is 0. The van der Waals surface area contributed by atoms with Crippen molar-refractivity contribution in [2.45, 2.75) is 20.3 Å². The van der Waals surface area contributed by atoms with Crippen LogP contribution in [-0.4, -0.2) is 44.2 Å². The highest BCUT2D eigenvalue weighted by Crippen LogP contribution is 2.13. The monoisotopic (exact) mass is 247 g/mol. The largest absolute Gasteiger partial charge is 0.385 e. The van der Waals surface area contributed by atoms with E-state index in [1.54, 1.807) is 0 Å². The van der Waals surface area contributed by atoms with Crippen molar-refractivity contribution in [3.63, 3.8) is 0 Å². The van der Waals surface area contributed by atoms with E-state index < -0.39 is 0 Å². The Balaban J connectivity index is 1.66. The Bertz CT molecular complexity index is 370. The maximum atomic E-state index is 3.51. The van der Waals surface area contributed by atoms with Gasteiger partial charge >= 0.3 is 0 Å². The molecule has 100 valence electrons. The molecule has 0 atom stereocenters. The van der Waals surface area contributed by atoms with Crippen LogP contribution in [0, 0.1) is 13.8 Å². The molecule has 0 bridgehead atoms. The first kappa shape index (κ1) is 13.4. The third-order valence-electron chi connectivity index (χ3n) is 3.70. The lowest BCUT2D eigenvalue weighted by Gasteiger charge is -2.27. The van der Waals surface area contributed by atoms with Gasteiger partial charge in [0.2, 0.25) is 0 Å². The summed E-state index contributed by atoms with van der Waals surface area (Å²) in [5.74, 6) is 0. The maximum absolute atomic E-state index is 3.51. The minimum Gasteiger partial charge on any atom is -0.385 e. The average Bonchev–Trinajstić information content (AvgIpc) is 2.40. The van der Waals surface area contributed by atoms with Gasteiger partial charge in [0.15, 0.2) is 0 Å². The molecule has 0 aliphatic carbocycles. The Kier molecular flexibility index (Phi) is 5.02. The molecule has 1 heterocycles. The molecule has 0 spiro atoms. The fraction of sp³-hybridized carbons (Fsp3) is 0.600. The lowest BCUT2D eigenvalue weighted by Crippen LogP contribution is -2.44. The first-order chi connectivity index (χ1) is 8.75. The summed E-state index contributed by atoms with van der Waals surface area (Å²) in [6, 6.07) is 6.60. The molecule has 2 rings (SSSR count). The number of anilines is 1. The van der Waals surface area contributed by atoms with Gasteiger partial charge in [0, 0.05) is 38.4 Å². The predicted octanol–water partition coefficient (Wildman–Crippen LogP) is 2.01. The van der Waals surface area contributed by atoms with Crippen molar-refractivity contribution in [2.75, 3.05) is 44.6 Å². The van der Waals surface area contributed by atoms with Gasteiger partial charge in [-0.1, -0.05) is 6.07 Å². The molecular formula is C15H25N3. The van der Waals surface area contributed by atoms with E-state index in [-0.39, 0.29) is 0 Å². The van der Waals surface area contributed by atoms with Gasteiger partial charge in [0.25, 0.3) is 0 Å². The SMILES string of the molecule is Cc1ccc(NCCCN2CCNCC2)cc1C. The predicted molar refractivity (Wildman–Crippen MR) is 78.3 cm³/mol. The summed E-state index contributed by atoms with van der Waals surface area (Å²) >= 11 is 0. The fourth-order valence-electron chi connectivity index (χ4n) is 2.32. The van der Waals surface area contributed by atoms with Crippen molar-refractivity contribution in [1.82, 2.24) is 10.2 Å². The zero-order valence-corrected chi connectivity index (χ0v) is 11.6. The molecule has 1 saturated heterocycles. The molecule has 3 heteroatoms. The van der Waals surface area contributed by atoms with E-state index in [2.05, 4.69) is 47.6 Å². The van der Waals surface area contributed by atoms with E-state index in [1.165, 1.54) is 42.9 Å². The third-order valence-corrected chi connectivity index (χ3v) is 3.70. The zero-order valence-electron chi connectivity index (χ0n) is 11.6. The molecule has 3 nitrogen and oxygen atoms in total. The van der Waals surface area contributed by atoms with Crippen LogP contribution in [0.5, 0.6) is 0 Å². The average molecular weight is 247 g/mol. The second-order valence-corrected chi connectivity index (χ2v) is 5.17. The third kappa shape index (κ3) is 4.00. The molecule has 1 fully saturated rings. The quantitative estimate of drug-likeness (QED) is 0.779. The molecular weight excluding hydrogens is 222 g/mol. The molecule has 1 aliphatic rings. The van der Waals surface area contributed by atoms with Crippen LogP contribution in [-0.2, 0) is 0 Å². The topological polar surface area (TPSA) is 27.3 Å². The molecule has 1 aromatic rings. The zero-order chi connectivity index (χ0) is 12.8. The molecule has 1 aliphatic heterocycles. The number of aryl methyl sites for hydroxylation is 2. The first-order valence-electron chi connectivity index (χ1n) is 7.00. The molecule has 0 aromatic heterocycles. The number of piperazine rings is 1. The lowest BCUT2D eigenvalue weighted by molar-refractivity contribution is 0.240. The smallest absolute Gasteiger partial charge is 0.0343 e. The summed E-state index contributed by atoms with van der Waals surface area (Å²) in [5, 5.41) is 6.90. The summed E-state index contributed by atoms with van der Waals surface area (Å²) in [6.45, 7) is 11.3. The van der Waals surface area contributed by atoms with Crippen LogP contribution in [0.4, 0.5) is 5.69 Å². The van der Waals surface area contributed by atoms with E-state index in [0.29, 0.717) is 0 Å². The highest BCUT2D eigenvalue weighted by atomic mass is 15.2. The van der Waals surface area contributed by atoms with Crippen LogP contribution in [0.1, 0.15) is 17.5 Å². The summed E-state index contributed by atoms with van der Waals surface area (Å²) in [4.78, 5) is 2.54. The van der Waals surface area contributed by atoms with Gasteiger partial charge < -0.3 is 15.5 Å². The highest BCUT2D eigenvalue weighted by molar-refractivity contribution is 5.47. The Labute approximate surface area is 111 Å². The molecule has 0 amide bonds. The second kappa shape index (κ2) is 6.76. The second-order valence-electron chi connectivity index (χ2n) is 5.17. The summed E-state index contributed by atoms with van der Waals surface area (Å²) in [6.07, 6.45) is 1.22. The van der Waals surface area contributed by atoms with Crippen LogP contribution >= 0.6 is 0 Å². The number of nitrogens with one attached hydrogen (secondary N) is 2. The molecule has 2 N–H and O–H groups in total. The molecule has 1 aromatic carbocycles. The van der Waals surface area contributed by atoms with Crippen molar-refractivity contribution in [3.8, 4) is 0 Å². The van der Waals surface area contributed by atoms with E-state index in [4.69, 9.17) is 0 Å². The van der Waals surface area contributed by atoms with Gasteiger partial charge in [-0.05, 0) is 50.1 Å². The number of rotatable bonds is 5. The lowest BCUT2D eigenvalue weighted by atomic mass is 10.1. The maximum Gasteiger partial charge on any atom is 0.0343 e. The van der Waals surface area contributed by atoms with Crippen LogP contribution in [0.3, 0.4) is 0 Å². The van der Waals surface area contributed by atoms with Gasteiger partial charge in [-0.2, -0.15) is 0 Å². The van der Waals surface area contributed by atoms with Crippen molar-refractivity contribution >= 4 is 5.69 Å². The van der Waals surface area contributed by atoms with Gasteiger partial charge in [-0.3, -0.25) is 0 Å². The van der Waals surface area contributed by atoms with Crippen molar-refractivity contribution in [1.29, 1.82) is 0 Å². The van der Waals surface area contributed by atoms with E-state index in [9.17, 15) is 0 Å². The Morgan fingerprint density at radius 2 is 1.94 bits per heavy atom. The standard InChI is InChI=1S/C15H25N3/c1-13-4-5-15(12-14(13)2)17-6-3-9-18-10-7-16-8-11-18/h4-5,12,16-17H,3,6-11H2,1-2H3. The molecule has 0 saturated carbocycles. The number of hydrogen-bond acceptors (Lipinski definition) is 3. The summed E-state index contributed by atoms with van der Waals surface area (Å²) < 4.78 is 0. The molecule has 0 radical (unpaired) electrons. The van der Waals surface area contributed by atoms with E-state index in [1.807, 2.05) is 0 Å². The molecule has 18 heavy (non-hydrogen) atoms. The Morgan fingerprint density at radius 1 is 1.17 bits per heavy atom. The normalized spacial score (nSPS) is 16.8. The molecule has 0 unspecified atom stereocenters. The number of nitrogens with zero attached hydrogens (tertiary/aromatic N) is 1. The minimum atomic E-state index is 1.06. The number of hydrogen-bond donors (Lipinski definition) is 2. The Hall–Kier alpha value is -1.06.